The van der Waals surface area contributed by atoms with Crippen LogP contribution in [0, 0.1) is 0 Å². The molecule has 0 aliphatic heterocycles. The molecule has 0 fully saturated rings. The summed E-state index contributed by atoms with van der Waals surface area (Å²) in [6, 6.07) is 7.34. The van der Waals surface area contributed by atoms with Gasteiger partial charge in [0.05, 0.1) is 12.2 Å². The van der Waals surface area contributed by atoms with Crippen molar-refractivity contribution in [2.24, 2.45) is 0 Å². The Bertz CT molecular complexity index is 907. The van der Waals surface area contributed by atoms with Crippen molar-refractivity contribution in [1.82, 2.24) is 19.9 Å². The van der Waals surface area contributed by atoms with Crippen LogP contribution in [0.2, 0.25) is 0 Å². The lowest BCUT2D eigenvalue weighted by molar-refractivity contribution is 0.310. The highest BCUT2D eigenvalue weighted by Gasteiger charge is 2.12. The first-order valence-electron chi connectivity index (χ1n) is 7.13. The van der Waals surface area contributed by atoms with E-state index in [0.29, 0.717) is 23.7 Å². The molecular formula is C15H16N4O3. The third-order valence-electron chi connectivity index (χ3n) is 3.29. The maximum Gasteiger partial charge on any atom is 0.325 e. The quantitative estimate of drug-likeness (QED) is 0.625. The molecule has 0 unspecified atom stereocenters. The highest BCUT2D eigenvalue weighted by atomic mass is 16.5. The van der Waals surface area contributed by atoms with Gasteiger partial charge >= 0.3 is 5.69 Å². The number of nitrogens with one attached hydrogen (secondary N) is 3. The minimum atomic E-state index is -0.461. The van der Waals surface area contributed by atoms with E-state index in [1.165, 1.54) is 0 Å². The smallest absolute Gasteiger partial charge is 0.325 e. The Balaban J connectivity index is 2.07. The van der Waals surface area contributed by atoms with Gasteiger partial charge in [-0.05, 0) is 18.6 Å². The van der Waals surface area contributed by atoms with Gasteiger partial charge in [-0.25, -0.2) is 9.78 Å². The normalized spacial score (nSPS) is 11.0. The van der Waals surface area contributed by atoms with E-state index in [0.717, 1.165) is 12.8 Å². The van der Waals surface area contributed by atoms with Crippen LogP contribution in [0.1, 0.15) is 19.8 Å². The van der Waals surface area contributed by atoms with Crippen molar-refractivity contribution in [2.45, 2.75) is 19.8 Å². The number of aromatic amines is 3. The van der Waals surface area contributed by atoms with Crippen LogP contribution in [0.15, 0.2) is 33.9 Å². The molecule has 0 atom stereocenters. The minimum absolute atomic E-state index is 0.137. The third-order valence-corrected chi connectivity index (χ3v) is 3.29. The van der Waals surface area contributed by atoms with Crippen molar-refractivity contribution >= 4 is 11.2 Å². The fourth-order valence-electron chi connectivity index (χ4n) is 2.17. The molecule has 0 saturated heterocycles. The summed E-state index contributed by atoms with van der Waals surface area (Å²) in [5.41, 5.74) is 0.184. The lowest BCUT2D eigenvalue weighted by Gasteiger charge is -2.10. The summed E-state index contributed by atoms with van der Waals surface area (Å²) in [5.74, 6) is 1.01. The first-order valence-corrected chi connectivity index (χ1v) is 7.13. The van der Waals surface area contributed by atoms with Crippen LogP contribution >= 0.6 is 0 Å². The van der Waals surface area contributed by atoms with Gasteiger partial charge in [0.1, 0.15) is 11.6 Å². The van der Waals surface area contributed by atoms with E-state index in [4.69, 9.17) is 4.74 Å². The number of ether oxygens (including phenoxy) is 1. The van der Waals surface area contributed by atoms with Gasteiger partial charge in [-0.3, -0.25) is 14.8 Å². The molecule has 114 valence electrons. The Morgan fingerprint density at radius 3 is 2.77 bits per heavy atom. The van der Waals surface area contributed by atoms with Crippen LogP contribution in [0.25, 0.3) is 22.6 Å². The highest BCUT2D eigenvalue weighted by molar-refractivity contribution is 5.73. The van der Waals surface area contributed by atoms with Crippen LogP contribution in [0.4, 0.5) is 0 Å². The SMILES string of the molecule is CCCCOc1ccccc1-c1nc2[nH]c(=O)[nH]c2c(=O)[nH]1. The van der Waals surface area contributed by atoms with Gasteiger partial charge in [0.2, 0.25) is 0 Å². The van der Waals surface area contributed by atoms with Crippen molar-refractivity contribution in [3.05, 3.63) is 45.1 Å². The lowest BCUT2D eigenvalue weighted by Crippen LogP contribution is -2.10. The van der Waals surface area contributed by atoms with Crippen LogP contribution in [0.3, 0.4) is 0 Å². The monoisotopic (exact) mass is 300 g/mol. The number of fused-ring (bicyclic) bond motifs is 1. The second kappa shape index (κ2) is 5.88. The number of imidazole rings is 1. The summed E-state index contributed by atoms with van der Waals surface area (Å²) < 4.78 is 5.75. The Hall–Kier alpha value is -2.83. The first kappa shape index (κ1) is 14.1. The van der Waals surface area contributed by atoms with Crippen LogP contribution in [0.5, 0.6) is 5.75 Å². The van der Waals surface area contributed by atoms with E-state index in [9.17, 15) is 9.59 Å². The van der Waals surface area contributed by atoms with E-state index < -0.39 is 11.2 Å². The van der Waals surface area contributed by atoms with Crippen molar-refractivity contribution in [3.63, 3.8) is 0 Å². The van der Waals surface area contributed by atoms with E-state index in [1.807, 2.05) is 24.3 Å². The number of unbranched alkanes of at least 4 members (excludes halogenated alkanes) is 1. The van der Waals surface area contributed by atoms with Gasteiger partial charge in [-0.15, -0.1) is 0 Å². The van der Waals surface area contributed by atoms with Gasteiger partial charge < -0.3 is 9.72 Å². The molecule has 0 bridgehead atoms. The molecule has 0 saturated carbocycles. The molecule has 7 heteroatoms. The molecule has 0 aliphatic carbocycles. The van der Waals surface area contributed by atoms with Gasteiger partial charge in [0.25, 0.3) is 5.56 Å². The summed E-state index contributed by atoms with van der Waals surface area (Å²) in [7, 11) is 0. The van der Waals surface area contributed by atoms with Crippen LogP contribution < -0.4 is 16.0 Å². The van der Waals surface area contributed by atoms with Crippen molar-refractivity contribution < 1.29 is 4.74 Å². The molecule has 3 rings (SSSR count). The predicted octanol–water partition coefficient (Wildman–Crippen LogP) is 1.79. The molecule has 0 spiro atoms. The number of para-hydroxylation sites is 1. The second-order valence-electron chi connectivity index (χ2n) is 4.92. The molecule has 3 aromatic rings. The molecule has 7 nitrogen and oxygen atoms in total. The molecule has 0 amide bonds. The summed E-state index contributed by atoms with van der Waals surface area (Å²) in [4.78, 5) is 35.2. The van der Waals surface area contributed by atoms with Gasteiger partial charge in [-0.2, -0.15) is 0 Å². The van der Waals surface area contributed by atoms with Crippen LogP contribution in [-0.2, 0) is 0 Å². The van der Waals surface area contributed by atoms with E-state index in [-0.39, 0.29) is 11.2 Å². The summed E-state index contributed by atoms with van der Waals surface area (Å²) >= 11 is 0. The number of H-pyrrole nitrogens is 3. The molecule has 2 heterocycles. The topological polar surface area (TPSA) is 104 Å². The maximum atomic E-state index is 12.0. The summed E-state index contributed by atoms with van der Waals surface area (Å²) in [6.45, 7) is 2.69. The van der Waals surface area contributed by atoms with Crippen molar-refractivity contribution in [1.29, 1.82) is 0 Å². The predicted molar refractivity (Wildman–Crippen MR) is 83.2 cm³/mol. The lowest BCUT2D eigenvalue weighted by atomic mass is 10.2. The number of aromatic nitrogens is 4. The second-order valence-corrected chi connectivity index (χ2v) is 4.92. The Morgan fingerprint density at radius 2 is 1.95 bits per heavy atom. The number of rotatable bonds is 5. The van der Waals surface area contributed by atoms with Crippen molar-refractivity contribution in [3.8, 4) is 17.1 Å². The van der Waals surface area contributed by atoms with E-state index >= 15 is 0 Å². The van der Waals surface area contributed by atoms with Crippen LogP contribution in [-0.4, -0.2) is 26.5 Å². The number of benzene rings is 1. The average molecular weight is 300 g/mol. The maximum absolute atomic E-state index is 12.0. The summed E-state index contributed by atoms with van der Waals surface area (Å²) in [6.07, 6.45) is 1.98. The Kier molecular flexibility index (Phi) is 3.78. The molecule has 22 heavy (non-hydrogen) atoms. The number of nitrogens with zero attached hydrogens (tertiary/aromatic N) is 1. The van der Waals surface area contributed by atoms with Gasteiger partial charge in [0.15, 0.2) is 11.2 Å². The molecular weight excluding hydrogens is 284 g/mol. The molecule has 2 aromatic heterocycles. The number of hydrogen-bond donors (Lipinski definition) is 3. The third kappa shape index (κ3) is 2.65. The minimum Gasteiger partial charge on any atom is -0.493 e. The zero-order valence-electron chi connectivity index (χ0n) is 12.1. The Morgan fingerprint density at radius 1 is 1.14 bits per heavy atom. The molecule has 1 aromatic carbocycles. The number of hydrogen-bond acceptors (Lipinski definition) is 4. The van der Waals surface area contributed by atoms with Crippen molar-refractivity contribution in [2.75, 3.05) is 6.61 Å². The average Bonchev–Trinajstić information content (AvgIpc) is 2.89. The van der Waals surface area contributed by atoms with Gasteiger partial charge in [0, 0.05) is 0 Å². The van der Waals surface area contributed by atoms with Gasteiger partial charge in [-0.1, -0.05) is 25.5 Å². The van der Waals surface area contributed by atoms with E-state index in [2.05, 4.69) is 26.9 Å². The van der Waals surface area contributed by atoms with E-state index in [1.54, 1.807) is 0 Å². The largest absolute Gasteiger partial charge is 0.493 e. The first-order chi connectivity index (χ1) is 10.7. The summed E-state index contributed by atoms with van der Waals surface area (Å²) in [5, 5.41) is 0. The molecule has 3 N–H and O–H groups in total. The fraction of sp³-hybridized carbons (Fsp3) is 0.267. The fourth-order valence-corrected chi connectivity index (χ4v) is 2.17. The standard InChI is InChI=1S/C15H16N4O3/c1-2-3-8-22-10-7-5-4-6-9(10)12-17-13-11(14(20)18-12)16-15(21)19-13/h4-7H,2-3,8H2,1H3,(H3,16,17,18,19,20,21). The molecule has 0 radical (unpaired) electrons. The molecule has 0 aliphatic rings. The zero-order chi connectivity index (χ0) is 15.5. The highest BCUT2D eigenvalue weighted by Crippen LogP contribution is 2.27. The zero-order valence-corrected chi connectivity index (χ0v) is 12.1. The Labute approximate surface area is 125 Å².